The van der Waals surface area contributed by atoms with E-state index < -0.39 is 17.7 Å². The summed E-state index contributed by atoms with van der Waals surface area (Å²) in [7, 11) is 22.7. The molecule has 2 aliphatic rings. The minimum Gasteiger partial charge on any atom is -0.497 e. The lowest BCUT2D eigenvalue weighted by molar-refractivity contribution is -0.445. The van der Waals surface area contributed by atoms with E-state index in [1.807, 2.05) is 80.3 Å². The molecule has 7 rings (SSSR count). The molecule has 0 unspecified atom stereocenters. The molecular weight excluding hydrogens is 1410 g/mol. The Balaban J connectivity index is -0.0000000708. The van der Waals surface area contributed by atoms with Crippen LogP contribution in [-0.2, 0) is 54.0 Å². The van der Waals surface area contributed by atoms with Crippen LogP contribution in [0.5, 0.6) is 5.75 Å². The minimum absolute atomic E-state index is 0. The number of carbonyl (C=O) groups is 1. The van der Waals surface area contributed by atoms with Gasteiger partial charge in [0.25, 0.3) is 0 Å². The molecule has 0 amide bonds. The summed E-state index contributed by atoms with van der Waals surface area (Å²) in [6.07, 6.45) is 0.843. The van der Waals surface area contributed by atoms with Crippen molar-refractivity contribution in [3.8, 4) is 5.75 Å². The Morgan fingerprint density at radius 1 is 0.732 bits per heavy atom. The van der Waals surface area contributed by atoms with E-state index >= 15 is 0 Å². The van der Waals surface area contributed by atoms with Crippen molar-refractivity contribution in [1.29, 1.82) is 0 Å². The number of hydrogen-bond donors (Lipinski definition) is 1. The Bertz CT molecular complexity index is 1920. The summed E-state index contributed by atoms with van der Waals surface area (Å²) in [5.74, 6) is 2.91. The summed E-state index contributed by atoms with van der Waals surface area (Å²) in [4.78, 5) is 25.9. The number of ketones is 1. The van der Waals surface area contributed by atoms with Gasteiger partial charge in [-0.15, -0.1) is 22.9 Å². The number of halogens is 8. The van der Waals surface area contributed by atoms with Crippen LogP contribution in [0.2, 0.25) is 0 Å². The highest BCUT2D eigenvalue weighted by atomic mass is 79.9. The van der Waals surface area contributed by atoms with Crippen molar-refractivity contribution in [3.05, 3.63) is 145 Å². The highest BCUT2D eigenvalue weighted by Crippen LogP contribution is 2.11. The van der Waals surface area contributed by atoms with E-state index in [2.05, 4.69) is 154 Å². The first-order valence-corrected chi connectivity index (χ1v) is 33.4. The minimum atomic E-state index is -4.00. The number of morpholine rings is 2. The van der Waals surface area contributed by atoms with E-state index in [0.717, 1.165) is 86.2 Å². The summed E-state index contributed by atoms with van der Waals surface area (Å²) < 4.78 is 112. The molecule has 2 aromatic carbocycles. The zero-order valence-corrected chi connectivity index (χ0v) is 66.6. The van der Waals surface area contributed by atoms with E-state index in [-0.39, 0.29) is 20.1 Å². The summed E-state index contributed by atoms with van der Waals surface area (Å²) in [6, 6.07) is 26.2. The molecule has 3 aromatic heterocycles. The van der Waals surface area contributed by atoms with Gasteiger partial charge in [-0.1, -0.05) is 85.7 Å². The van der Waals surface area contributed by atoms with Gasteiger partial charge >= 0.3 is 12.8 Å². The van der Waals surface area contributed by atoms with Gasteiger partial charge in [0.1, 0.15) is 18.3 Å². The molecule has 97 heavy (non-hydrogen) atoms. The number of nitro groups is 1. The van der Waals surface area contributed by atoms with Gasteiger partial charge < -0.3 is 71.5 Å². The average Bonchev–Trinajstić information content (AvgIpc) is 2.31. The van der Waals surface area contributed by atoms with Gasteiger partial charge in [0.05, 0.1) is 73.1 Å². The molecule has 580 valence electrons. The van der Waals surface area contributed by atoms with Crippen LogP contribution in [0.3, 0.4) is 0 Å². The second kappa shape index (κ2) is 110. The van der Waals surface area contributed by atoms with E-state index in [9.17, 15) is 31.1 Å². The number of alkyl halides is 8. The number of benzene rings is 2. The molecule has 0 spiro atoms. The number of aliphatic hydroxyl groups is 1. The Morgan fingerprint density at radius 3 is 1.33 bits per heavy atom. The first kappa shape index (κ1) is 123. The summed E-state index contributed by atoms with van der Waals surface area (Å²) in [6.45, 7) is 26.1. The Morgan fingerprint density at radius 2 is 1.15 bits per heavy atom. The van der Waals surface area contributed by atoms with Crippen LogP contribution in [0.1, 0.15) is 69.2 Å². The van der Waals surface area contributed by atoms with Crippen LogP contribution in [-0.4, -0.2) is 248 Å². The smallest absolute Gasteiger partial charge is 0.386 e. The van der Waals surface area contributed by atoms with Gasteiger partial charge in [0.15, 0.2) is 7.05 Å². The van der Waals surface area contributed by atoms with Crippen LogP contribution >= 0.6 is 50.2 Å². The monoisotopic (exact) mass is 1530 g/mol. The molecule has 0 saturated carbocycles. The summed E-state index contributed by atoms with van der Waals surface area (Å²) >= 11 is 11.1. The third kappa shape index (κ3) is 166. The third-order valence-corrected chi connectivity index (χ3v) is 10.3. The number of rotatable bonds is 11. The molecule has 29 heteroatoms. The van der Waals surface area contributed by atoms with Crippen LogP contribution in [0.4, 0.5) is 26.3 Å². The van der Waals surface area contributed by atoms with Crippen molar-refractivity contribution in [1.82, 2.24) is 14.7 Å². The number of carbonyl (C=O) groups excluding carboxylic acids is 1. The molecule has 0 atom stereocenters. The number of thiophene rings is 2. The number of methoxy groups -OCH3 is 8. The fraction of sp³-hybridized carbons (Fsp3) is 0.632. The predicted molar refractivity (Wildman–Crippen MR) is 400 cm³/mol. The first-order chi connectivity index (χ1) is 45.5. The quantitative estimate of drug-likeness (QED) is 0.0327. The lowest BCUT2D eigenvalue weighted by Gasteiger charge is -2.24. The number of furan rings is 1. The summed E-state index contributed by atoms with van der Waals surface area (Å²) in [5.41, 5.74) is 4.99. The van der Waals surface area contributed by atoms with Crippen molar-refractivity contribution in [3.63, 3.8) is 0 Å². The molecule has 19 nitrogen and oxygen atoms in total. The fourth-order valence-electron chi connectivity index (χ4n) is 4.37. The lowest BCUT2D eigenvalue weighted by atomic mass is 10.2. The highest BCUT2D eigenvalue weighted by molar-refractivity contribution is 9.08. The van der Waals surface area contributed by atoms with Gasteiger partial charge in [-0.3, -0.25) is 19.4 Å². The molecule has 0 bridgehead atoms. The number of aliphatic hydroxyl groups excluding tert-OH is 1. The highest BCUT2D eigenvalue weighted by Gasteiger charge is 2.15. The van der Waals surface area contributed by atoms with Crippen molar-refractivity contribution >= 4 is 56.0 Å². The molecule has 2 fully saturated rings. The zero-order valence-electron chi connectivity index (χ0n) is 62.7. The van der Waals surface area contributed by atoms with E-state index in [1.54, 1.807) is 92.1 Å². The summed E-state index contributed by atoms with van der Waals surface area (Å²) in [5, 5.41) is 22.1. The molecule has 5 heterocycles. The topological polar surface area (TPSA) is 196 Å². The van der Waals surface area contributed by atoms with Gasteiger partial charge in [-0.05, 0) is 150 Å². The maximum atomic E-state index is 10.5. The molecule has 2 saturated heterocycles. The van der Waals surface area contributed by atoms with Gasteiger partial charge in [0.2, 0.25) is 0 Å². The van der Waals surface area contributed by atoms with E-state index in [0.29, 0.717) is 33.8 Å². The molecular formula is C68H130BrClF6N4O15S2. The van der Waals surface area contributed by atoms with Crippen molar-refractivity contribution in [2.75, 3.05) is 204 Å². The zero-order chi connectivity index (χ0) is 77.2. The number of hydrogen-bond acceptors (Lipinski definition) is 20. The molecule has 1 N–H and O–H groups in total. The van der Waals surface area contributed by atoms with Crippen molar-refractivity contribution < 1.29 is 93.0 Å². The molecule has 5 aromatic rings. The third-order valence-electron chi connectivity index (χ3n) is 8.69. The Kier molecular flexibility index (Phi) is 140. The standard InChI is InChI=1S/2C8H10O.C6H13NO.C5H11NO.C5H6O.2C5H6S.C4H11N.C4H10O2.C3H8O2.C3H6O.C2H3F3.C2H4F2O.C2H6O.CH3Br.CH3Cl.CH3F.CH3NO2.CH4O.CH4/c1-7-4-3-5-8(6-7)9-2;1-9-7-8-5-3-2-4-6-8;1-2-7-3-5-8-6-4-7;1-6-2-4-7-5-3-6;2*1-5-2-3-6-4-5;1-5-3-2-4-6-5;1-4-5(2)3;1-5-3-4-6-2;1-4-3-5-2;1-3(2)4;1-2(3,4)5;1-5-2(3)4;1-3-2;3*1-2;1-2(3)4;1-2;/h3-6H,1-2H3;2-6H,7H2,1H3;2-6H2,1H3;2-5H2,1H3;3*2-4H,1H3;4H2,1-3H3;3-4H2,1-2H3;3H2,1-2H3;1-2H3;1H3;2H,1H3;1-2H3;3*1H3;1H3;2H,1H3;1H4. The lowest BCUT2D eigenvalue weighted by Crippen LogP contribution is -2.35. The van der Waals surface area contributed by atoms with Gasteiger partial charge in [-0.2, -0.15) is 33.3 Å². The average molecular weight is 1540 g/mol. The predicted octanol–water partition coefficient (Wildman–Crippen LogP) is 16.8. The van der Waals surface area contributed by atoms with Crippen molar-refractivity contribution in [2.24, 2.45) is 0 Å². The largest absolute Gasteiger partial charge is 0.497 e. The van der Waals surface area contributed by atoms with E-state index in [1.165, 1.54) is 53.9 Å². The second-order valence-electron chi connectivity index (χ2n) is 17.8. The number of nitrogens with zero attached hydrogens (tertiary/aromatic N) is 4. The van der Waals surface area contributed by atoms with Crippen LogP contribution in [0, 0.1) is 37.8 Å². The Hall–Kier alpha value is -4.18. The molecule has 2 aliphatic heterocycles. The van der Waals surface area contributed by atoms with Crippen LogP contribution in [0.25, 0.3) is 0 Å². The SMILES string of the molecule is C.CBr.CC(C)=O.CC(F)(F)F.CCN(C)C.CCN1CCOCC1.CCl.CF.CN1CCOCC1.CO.COC.COC(F)F.COCCOC.COCOC.COCc1ccccc1.COc1cccc(C)c1.C[N+](=O)[O-].Cc1cccs1.Cc1ccoc1.Cc1ccsc1. The van der Waals surface area contributed by atoms with Gasteiger partial charge in [-0.25, -0.2) is 0 Å². The molecule has 0 aliphatic carbocycles. The first-order valence-electron chi connectivity index (χ1n) is 29.2. The number of likely N-dealkylation sites (N-methyl/N-ethyl adjacent to an activating group) is 2. The number of Topliss-reactive ketones (excluding diaryl/α,β-unsaturated/α-hetero) is 1. The maximum Gasteiger partial charge on any atom is 0.386 e. The Labute approximate surface area is 604 Å². The second-order valence-corrected chi connectivity index (χ2v) is 19.8. The number of aryl methyl sites for hydroxylation is 4. The normalized spacial score (nSPS) is 10.7. The van der Waals surface area contributed by atoms with Crippen LogP contribution in [0.15, 0.2) is 112 Å². The molecule has 0 radical (unpaired) electrons. The van der Waals surface area contributed by atoms with Crippen LogP contribution < -0.4 is 4.74 Å². The van der Waals surface area contributed by atoms with Gasteiger partial charge in [0, 0.05) is 113 Å². The maximum absolute atomic E-state index is 10.5. The van der Waals surface area contributed by atoms with E-state index in [4.69, 9.17) is 38.6 Å². The van der Waals surface area contributed by atoms with Crippen molar-refractivity contribution in [2.45, 2.75) is 89.1 Å². The fourth-order valence-corrected chi connectivity index (χ4v) is 5.56. The number of ether oxygens (including phenoxy) is 10.